The van der Waals surface area contributed by atoms with E-state index in [4.69, 9.17) is 11.0 Å². The van der Waals surface area contributed by atoms with Crippen molar-refractivity contribution in [3.05, 3.63) is 70.6 Å². The maximum Gasteiger partial charge on any atom is 0.323 e. The van der Waals surface area contributed by atoms with Gasteiger partial charge in [-0.15, -0.1) is 14.6 Å². The summed E-state index contributed by atoms with van der Waals surface area (Å²) in [5.41, 5.74) is 2.77. The number of primary amides is 1. The number of amides is 1. The zero-order chi connectivity index (χ0) is 33.8. The van der Waals surface area contributed by atoms with Crippen LogP contribution in [0.4, 0.5) is 17.1 Å². The van der Waals surface area contributed by atoms with Crippen LogP contribution in [0.25, 0.3) is 16.6 Å². The Morgan fingerprint density at radius 1 is 1.02 bits per heavy atom. The van der Waals surface area contributed by atoms with Gasteiger partial charge in [-0.1, -0.05) is 5.04 Å². The van der Waals surface area contributed by atoms with Crippen LogP contribution in [0.2, 0.25) is 0 Å². The molecule has 0 spiro atoms. The molecule has 19 nitrogen and oxygen atoms in total. The second kappa shape index (κ2) is 13.7. The van der Waals surface area contributed by atoms with Crippen molar-refractivity contribution < 1.29 is 57.3 Å². The minimum atomic E-state index is -4.86. The predicted molar refractivity (Wildman–Crippen MR) is 156 cm³/mol. The number of aliphatic carboxylic acids is 2. The molecule has 0 saturated carbocycles. The van der Waals surface area contributed by atoms with E-state index < -0.39 is 74.3 Å². The number of hydrogen-bond donors (Lipinski definition) is 6. The summed E-state index contributed by atoms with van der Waals surface area (Å²) in [4.78, 5) is 53.0. The molecule has 46 heavy (non-hydrogen) atoms. The lowest BCUT2D eigenvalue weighted by atomic mass is 10.1. The molecule has 0 aliphatic carbocycles. The van der Waals surface area contributed by atoms with E-state index in [0.717, 1.165) is 29.2 Å². The summed E-state index contributed by atoms with van der Waals surface area (Å²) in [5.74, 6) is -4.91. The lowest BCUT2D eigenvalue weighted by molar-refractivity contribution is -0.432. The van der Waals surface area contributed by atoms with Gasteiger partial charge in [-0.05, 0) is 48.5 Å². The van der Waals surface area contributed by atoms with Crippen LogP contribution in [0.1, 0.15) is 10.4 Å². The zero-order valence-corrected chi connectivity index (χ0v) is 24.4. The van der Waals surface area contributed by atoms with E-state index >= 15 is 0 Å². The van der Waals surface area contributed by atoms with Gasteiger partial charge in [0.05, 0.1) is 44.4 Å². The third-order valence-electron chi connectivity index (χ3n) is 6.03. The topological polar surface area (TPSA) is 294 Å². The number of pyridine rings is 2. The Balaban J connectivity index is 1.92. The predicted octanol–water partition coefficient (Wildman–Crippen LogP) is 2.26. The number of carboxylic acid groups (broad SMARTS) is 2. The van der Waals surface area contributed by atoms with Crippen LogP contribution in [-0.2, 0) is 29.1 Å². The van der Waals surface area contributed by atoms with E-state index in [2.05, 4.69) is 24.6 Å². The number of nitrogens with zero attached hydrogens (tertiary/aromatic N) is 5. The number of anilines is 1. The van der Waals surface area contributed by atoms with Gasteiger partial charge < -0.3 is 26.0 Å². The highest BCUT2D eigenvalue weighted by Gasteiger charge is 2.24. The van der Waals surface area contributed by atoms with Crippen molar-refractivity contribution >= 4 is 68.0 Å². The van der Waals surface area contributed by atoms with Crippen molar-refractivity contribution in [1.82, 2.24) is 9.55 Å². The van der Waals surface area contributed by atoms with Gasteiger partial charge in [0.25, 0.3) is 21.6 Å². The minimum Gasteiger partial charge on any atom is -0.494 e. The molecule has 0 aliphatic heterocycles. The SMILES string of the molecule is NC(=O)c1cc(N=Nc2ccc(N(CC(=O)O)CC(=O)O)c3ncccc23)c(=O)n(-c2cc(S(=O)(=O)O)ccc2SOOO)c1O. The van der Waals surface area contributed by atoms with Crippen LogP contribution >= 0.6 is 12.0 Å². The van der Waals surface area contributed by atoms with E-state index in [1.807, 2.05) is 0 Å². The Hall–Kier alpha value is -5.45. The summed E-state index contributed by atoms with van der Waals surface area (Å²) in [6.07, 6.45) is 1.37. The van der Waals surface area contributed by atoms with Crippen molar-refractivity contribution in [3.63, 3.8) is 0 Å². The van der Waals surface area contributed by atoms with Gasteiger partial charge in [0.15, 0.2) is 5.69 Å². The third-order valence-corrected chi connectivity index (χ3v) is 7.53. The average Bonchev–Trinajstić information content (AvgIpc) is 2.98. The Labute approximate surface area is 260 Å². The summed E-state index contributed by atoms with van der Waals surface area (Å²) in [5, 5.41) is 49.7. The highest BCUT2D eigenvalue weighted by atomic mass is 32.2. The zero-order valence-electron chi connectivity index (χ0n) is 22.7. The van der Waals surface area contributed by atoms with E-state index in [-0.39, 0.29) is 39.2 Å². The molecule has 240 valence electrons. The third kappa shape index (κ3) is 7.26. The van der Waals surface area contributed by atoms with Crippen LogP contribution in [0.3, 0.4) is 0 Å². The highest BCUT2D eigenvalue weighted by molar-refractivity contribution is 7.94. The Kier molecular flexibility index (Phi) is 9.94. The lowest BCUT2D eigenvalue weighted by Crippen LogP contribution is -2.34. The van der Waals surface area contributed by atoms with Crippen LogP contribution in [-0.4, -0.2) is 74.0 Å². The molecule has 21 heteroatoms. The number of benzene rings is 2. The number of azo groups is 1. The smallest absolute Gasteiger partial charge is 0.323 e. The molecule has 0 saturated heterocycles. The number of nitrogens with two attached hydrogens (primary N) is 1. The van der Waals surface area contributed by atoms with Crippen LogP contribution in [0, 0.1) is 0 Å². The monoisotopic (exact) mass is 676 g/mol. The fraction of sp³-hybridized carbons (Fsp3) is 0.0800. The molecular formula is C25H20N6O13S2. The molecule has 1 amide bonds. The van der Waals surface area contributed by atoms with Crippen LogP contribution in [0.15, 0.2) is 79.5 Å². The molecule has 0 fully saturated rings. The van der Waals surface area contributed by atoms with Gasteiger partial charge in [0, 0.05) is 11.6 Å². The molecule has 7 N–H and O–H groups in total. The van der Waals surface area contributed by atoms with Crippen LogP contribution < -0.4 is 16.2 Å². The molecule has 4 rings (SSSR count). The molecular weight excluding hydrogens is 656 g/mol. The van der Waals surface area contributed by atoms with E-state index in [0.29, 0.717) is 4.57 Å². The number of fused-ring (bicyclic) bond motifs is 1. The van der Waals surface area contributed by atoms with Crippen molar-refractivity contribution in [3.8, 4) is 11.6 Å². The van der Waals surface area contributed by atoms with E-state index in [1.165, 1.54) is 30.5 Å². The summed E-state index contributed by atoms with van der Waals surface area (Å²) >= 11 is 0.247. The molecule has 2 aromatic heterocycles. The fourth-order valence-electron chi connectivity index (χ4n) is 4.17. The first-order chi connectivity index (χ1) is 21.7. The van der Waals surface area contributed by atoms with Gasteiger partial charge in [-0.25, -0.2) is 9.82 Å². The maximum absolute atomic E-state index is 13.6. The number of rotatable bonds is 13. The van der Waals surface area contributed by atoms with E-state index in [1.54, 1.807) is 0 Å². The lowest BCUT2D eigenvalue weighted by Gasteiger charge is -2.22. The molecule has 2 heterocycles. The van der Waals surface area contributed by atoms with Crippen molar-refractivity contribution in [2.75, 3.05) is 18.0 Å². The standard InChI is InChI=1S/C25H20N6O13S2/c26-23(36)14-9-16(25(38)31(24(14)37)18-8-12(46(40,41)42)3-6-19(18)45-44-43-39)29-28-15-4-5-17(22-13(15)2-1-7-27-22)30(10-20(32)33)11-21(34)35/h1-9,37,39H,10-11H2,(H2,26,36)(H,32,33)(H,34,35)(H,40,41,42). The van der Waals surface area contributed by atoms with Crippen molar-refractivity contribution in [1.29, 1.82) is 0 Å². The first kappa shape index (κ1) is 33.4. The number of carbonyl (C=O) groups excluding carboxylic acids is 1. The highest BCUT2D eigenvalue weighted by Crippen LogP contribution is 2.35. The van der Waals surface area contributed by atoms with E-state index in [9.17, 15) is 47.5 Å². The van der Waals surface area contributed by atoms with Gasteiger partial charge in [-0.2, -0.15) is 8.42 Å². The quantitative estimate of drug-likeness (QED) is 0.0389. The Morgan fingerprint density at radius 2 is 1.70 bits per heavy atom. The second-order valence-electron chi connectivity index (χ2n) is 8.95. The number of hydrogen-bond acceptors (Lipinski definition) is 15. The Bertz CT molecular complexity index is 2050. The number of aromatic nitrogens is 2. The minimum absolute atomic E-state index is 0.0511. The second-order valence-corrected chi connectivity index (χ2v) is 11.1. The largest absolute Gasteiger partial charge is 0.494 e. The molecule has 0 bridgehead atoms. The van der Waals surface area contributed by atoms with Gasteiger partial charge in [0.2, 0.25) is 5.88 Å². The number of carbonyl (C=O) groups is 3. The summed E-state index contributed by atoms with van der Waals surface area (Å²) < 4.78 is 38.0. The molecule has 0 atom stereocenters. The number of carboxylic acids is 2. The first-order valence-corrected chi connectivity index (χ1v) is 14.4. The molecule has 0 unspecified atom stereocenters. The maximum atomic E-state index is 13.6. The first-order valence-electron chi connectivity index (χ1n) is 12.3. The molecule has 4 aromatic rings. The summed E-state index contributed by atoms with van der Waals surface area (Å²) in [7, 11) is -4.86. The van der Waals surface area contributed by atoms with Gasteiger partial charge >= 0.3 is 11.9 Å². The van der Waals surface area contributed by atoms with Crippen molar-refractivity contribution in [2.45, 2.75) is 9.79 Å². The number of aromatic hydroxyl groups is 1. The normalized spacial score (nSPS) is 11.6. The average molecular weight is 677 g/mol. The summed E-state index contributed by atoms with van der Waals surface area (Å²) in [6.45, 7) is -1.34. The molecule has 2 aromatic carbocycles. The van der Waals surface area contributed by atoms with Gasteiger partial charge in [-0.3, -0.25) is 28.7 Å². The Morgan fingerprint density at radius 3 is 2.30 bits per heavy atom. The summed E-state index contributed by atoms with van der Waals surface area (Å²) in [6, 6.07) is 9.16. The van der Waals surface area contributed by atoms with Crippen molar-refractivity contribution in [2.24, 2.45) is 16.0 Å². The fourth-order valence-corrected chi connectivity index (χ4v) is 5.13. The van der Waals surface area contributed by atoms with Gasteiger partial charge in [0.1, 0.15) is 18.7 Å². The van der Waals surface area contributed by atoms with Crippen LogP contribution in [0.5, 0.6) is 5.88 Å². The molecule has 0 radical (unpaired) electrons. The molecule has 0 aliphatic rings.